The number of benzene rings is 2. The van der Waals surface area contributed by atoms with Crippen molar-refractivity contribution >= 4 is 23.0 Å². The van der Waals surface area contributed by atoms with Crippen LogP contribution < -0.4 is 15.0 Å². The third-order valence-electron chi connectivity index (χ3n) is 7.06. The maximum Gasteiger partial charge on any atom is 0.416 e. The van der Waals surface area contributed by atoms with Gasteiger partial charge in [-0.3, -0.25) is 14.9 Å². The first-order chi connectivity index (χ1) is 18.1. The molecule has 12 heteroatoms. The van der Waals surface area contributed by atoms with E-state index in [-0.39, 0.29) is 36.1 Å². The SMILES string of the molecule is COc1cc(N[C@H]2CC[C@H](OCC(=O)N3CCN(c4ccc(C(F)(F)F)cc4)CC3)CC2)ccc1[N+](=O)[O-]. The van der Waals surface area contributed by atoms with Crippen LogP contribution in [0.15, 0.2) is 42.5 Å². The summed E-state index contributed by atoms with van der Waals surface area (Å²) >= 11 is 0. The number of ether oxygens (including phenoxy) is 2. The molecule has 0 spiro atoms. The van der Waals surface area contributed by atoms with Crippen LogP contribution in [0.2, 0.25) is 0 Å². The molecule has 2 fully saturated rings. The Hall–Kier alpha value is -3.54. The Labute approximate surface area is 218 Å². The van der Waals surface area contributed by atoms with Crippen LogP contribution >= 0.6 is 0 Å². The summed E-state index contributed by atoms with van der Waals surface area (Å²) in [5.74, 6) is 0.117. The van der Waals surface area contributed by atoms with Crippen molar-refractivity contribution in [2.24, 2.45) is 0 Å². The second-order valence-electron chi connectivity index (χ2n) is 9.49. The van der Waals surface area contributed by atoms with Crippen molar-refractivity contribution in [3.05, 3.63) is 58.1 Å². The molecule has 1 aliphatic heterocycles. The van der Waals surface area contributed by atoms with E-state index in [4.69, 9.17) is 9.47 Å². The standard InChI is InChI=1S/C26H31F3N4O5/c1-37-24-16-20(6-11-23(24)33(35)36)30-19-4-9-22(10-5-19)38-17-25(34)32-14-12-31(13-15-32)21-7-2-18(3-8-21)26(27,28)29/h2-3,6-8,11,16,19,22,30H,4-5,9-10,12-15,17H2,1H3/t19-,22-. The minimum absolute atomic E-state index is 0.00257. The molecule has 9 nitrogen and oxygen atoms in total. The van der Waals surface area contributed by atoms with Crippen LogP contribution in [0, 0.1) is 10.1 Å². The number of anilines is 2. The zero-order chi connectivity index (χ0) is 27.3. The smallest absolute Gasteiger partial charge is 0.416 e. The molecule has 1 N–H and O–H groups in total. The molecule has 1 saturated heterocycles. The summed E-state index contributed by atoms with van der Waals surface area (Å²) in [5.41, 5.74) is 0.700. The minimum Gasteiger partial charge on any atom is -0.490 e. The highest BCUT2D eigenvalue weighted by Crippen LogP contribution is 2.32. The van der Waals surface area contributed by atoms with Gasteiger partial charge in [0.1, 0.15) is 6.61 Å². The van der Waals surface area contributed by atoms with Gasteiger partial charge in [0.2, 0.25) is 5.91 Å². The molecule has 0 aromatic heterocycles. The average molecular weight is 537 g/mol. The van der Waals surface area contributed by atoms with Gasteiger partial charge in [-0.1, -0.05) is 0 Å². The number of nitro benzene ring substituents is 1. The van der Waals surface area contributed by atoms with Gasteiger partial charge in [-0.05, 0) is 56.0 Å². The van der Waals surface area contributed by atoms with Crippen molar-refractivity contribution in [1.29, 1.82) is 0 Å². The number of rotatable bonds is 8. The van der Waals surface area contributed by atoms with E-state index >= 15 is 0 Å². The molecule has 0 bridgehead atoms. The van der Waals surface area contributed by atoms with Crippen LogP contribution in [-0.2, 0) is 15.7 Å². The van der Waals surface area contributed by atoms with Crippen molar-refractivity contribution in [2.45, 2.75) is 44.0 Å². The largest absolute Gasteiger partial charge is 0.490 e. The molecule has 4 rings (SSSR count). The normalized spacial score (nSPS) is 20.2. The van der Waals surface area contributed by atoms with E-state index in [0.717, 1.165) is 43.5 Å². The molecule has 206 valence electrons. The van der Waals surface area contributed by atoms with E-state index in [1.54, 1.807) is 17.0 Å². The Balaban J connectivity index is 1.17. The van der Waals surface area contributed by atoms with Crippen LogP contribution in [-0.4, -0.2) is 67.8 Å². The molecule has 0 atom stereocenters. The average Bonchev–Trinajstić information content (AvgIpc) is 2.92. The van der Waals surface area contributed by atoms with Crippen LogP contribution in [0.3, 0.4) is 0 Å². The number of carbonyl (C=O) groups is 1. The van der Waals surface area contributed by atoms with Crippen molar-refractivity contribution in [3.63, 3.8) is 0 Å². The molecule has 2 aromatic carbocycles. The lowest BCUT2D eigenvalue weighted by Crippen LogP contribution is -2.50. The van der Waals surface area contributed by atoms with Gasteiger partial charge < -0.3 is 24.6 Å². The topological polar surface area (TPSA) is 97.2 Å². The quantitative estimate of drug-likeness (QED) is 0.386. The number of alkyl halides is 3. The van der Waals surface area contributed by atoms with Gasteiger partial charge in [-0.15, -0.1) is 0 Å². The number of nitrogens with one attached hydrogen (secondary N) is 1. The Morgan fingerprint density at radius 2 is 1.71 bits per heavy atom. The van der Waals surface area contributed by atoms with Crippen molar-refractivity contribution in [1.82, 2.24) is 4.90 Å². The summed E-state index contributed by atoms with van der Waals surface area (Å²) in [6.07, 6.45) is -1.13. The second-order valence-corrected chi connectivity index (χ2v) is 9.49. The maximum atomic E-state index is 12.8. The van der Waals surface area contributed by atoms with Gasteiger partial charge in [0.15, 0.2) is 5.75 Å². The van der Waals surface area contributed by atoms with Gasteiger partial charge in [0.05, 0.1) is 23.7 Å². The highest BCUT2D eigenvalue weighted by molar-refractivity contribution is 5.77. The second kappa shape index (κ2) is 11.9. The van der Waals surface area contributed by atoms with Gasteiger partial charge in [-0.2, -0.15) is 13.2 Å². The molecule has 38 heavy (non-hydrogen) atoms. The molecule has 2 aliphatic rings. The number of carbonyl (C=O) groups excluding carboxylic acids is 1. The number of hydrogen-bond donors (Lipinski definition) is 1. The van der Waals surface area contributed by atoms with E-state index in [2.05, 4.69) is 5.32 Å². The van der Waals surface area contributed by atoms with Crippen molar-refractivity contribution in [3.8, 4) is 5.75 Å². The lowest BCUT2D eigenvalue weighted by molar-refractivity contribution is -0.385. The molecule has 1 heterocycles. The Bertz CT molecular complexity index is 1110. The lowest BCUT2D eigenvalue weighted by Gasteiger charge is -2.36. The molecule has 1 saturated carbocycles. The summed E-state index contributed by atoms with van der Waals surface area (Å²) in [5, 5.41) is 14.5. The fraction of sp³-hybridized carbons (Fsp3) is 0.500. The fourth-order valence-corrected chi connectivity index (χ4v) is 4.88. The fourth-order valence-electron chi connectivity index (χ4n) is 4.88. The predicted octanol–water partition coefficient (Wildman–Crippen LogP) is 4.71. The summed E-state index contributed by atoms with van der Waals surface area (Å²) in [4.78, 5) is 27.0. The number of nitrogens with zero attached hydrogens (tertiary/aromatic N) is 3. The Kier molecular flexibility index (Phi) is 8.60. The van der Waals surface area contributed by atoms with Gasteiger partial charge in [0, 0.05) is 55.7 Å². The van der Waals surface area contributed by atoms with E-state index in [0.29, 0.717) is 31.9 Å². The summed E-state index contributed by atoms with van der Waals surface area (Å²) in [6.45, 7) is 2.06. The van der Waals surface area contributed by atoms with Gasteiger partial charge >= 0.3 is 11.9 Å². The maximum absolute atomic E-state index is 12.8. The number of halogens is 3. The van der Waals surface area contributed by atoms with Crippen LogP contribution in [0.1, 0.15) is 31.2 Å². The molecule has 0 unspecified atom stereocenters. The highest BCUT2D eigenvalue weighted by Gasteiger charge is 2.31. The third-order valence-corrected chi connectivity index (χ3v) is 7.06. The number of methoxy groups -OCH3 is 1. The first-order valence-electron chi connectivity index (χ1n) is 12.5. The first-order valence-corrected chi connectivity index (χ1v) is 12.5. The molecule has 2 aromatic rings. The van der Waals surface area contributed by atoms with Crippen LogP contribution in [0.25, 0.3) is 0 Å². The van der Waals surface area contributed by atoms with Crippen molar-refractivity contribution < 1.29 is 32.4 Å². The number of piperazine rings is 1. The third kappa shape index (κ3) is 6.85. The van der Waals surface area contributed by atoms with E-state index < -0.39 is 16.7 Å². The van der Waals surface area contributed by atoms with E-state index in [1.165, 1.54) is 25.3 Å². The van der Waals surface area contributed by atoms with E-state index in [9.17, 15) is 28.1 Å². The summed E-state index contributed by atoms with van der Waals surface area (Å²) in [6, 6.07) is 9.98. The zero-order valence-electron chi connectivity index (χ0n) is 21.1. The summed E-state index contributed by atoms with van der Waals surface area (Å²) < 4.78 is 49.4. The molecule has 1 amide bonds. The Morgan fingerprint density at radius 1 is 1.05 bits per heavy atom. The summed E-state index contributed by atoms with van der Waals surface area (Å²) in [7, 11) is 1.40. The highest BCUT2D eigenvalue weighted by atomic mass is 19.4. The van der Waals surface area contributed by atoms with E-state index in [1.807, 2.05) is 4.90 Å². The van der Waals surface area contributed by atoms with Crippen LogP contribution in [0.4, 0.5) is 30.2 Å². The predicted molar refractivity (Wildman–Crippen MR) is 136 cm³/mol. The van der Waals surface area contributed by atoms with Crippen molar-refractivity contribution in [2.75, 3.05) is 50.1 Å². The monoisotopic (exact) mass is 536 g/mol. The minimum atomic E-state index is -4.36. The number of nitro groups is 1. The first kappa shape index (κ1) is 27.5. The zero-order valence-corrected chi connectivity index (χ0v) is 21.1. The van der Waals surface area contributed by atoms with Gasteiger partial charge in [-0.25, -0.2) is 0 Å². The molecule has 1 aliphatic carbocycles. The van der Waals surface area contributed by atoms with Crippen LogP contribution in [0.5, 0.6) is 5.75 Å². The van der Waals surface area contributed by atoms with Gasteiger partial charge in [0.25, 0.3) is 0 Å². The lowest BCUT2D eigenvalue weighted by atomic mass is 9.92. The number of hydrogen-bond acceptors (Lipinski definition) is 7. The Morgan fingerprint density at radius 3 is 2.29 bits per heavy atom. The molecular formula is C26H31F3N4O5. The number of amides is 1. The molecular weight excluding hydrogens is 505 g/mol. The molecule has 0 radical (unpaired) electrons.